The fourth-order valence-corrected chi connectivity index (χ4v) is 4.65. The van der Waals surface area contributed by atoms with Gasteiger partial charge in [0.2, 0.25) is 5.95 Å². The van der Waals surface area contributed by atoms with Crippen LogP contribution in [0, 0.1) is 12.5 Å². The van der Waals surface area contributed by atoms with Gasteiger partial charge in [-0.2, -0.15) is 11.0 Å². The van der Waals surface area contributed by atoms with Crippen LogP contribution in [-0.4, -0.2) is 39.1 Å². The van der Waals surface area contributed by atoms with E-state index in [4.69, 9.17) is 5.73 Å². The fraction of sp³-hybridized carbons (Fsp3) is 0.281. The molecule has 4 aromatic rings. The van der Waals surface area contributed by atoms with Crippen LogP contribution in [-0.2, 0) is 12.1 Å². The second kappa shape index (κ2) is 15.2. The molecular weight excluding hydrogens is 510 g/mol. The monoisotopic (exact) mass is 548 g/mol. The van der Waals surface area contributed by atoms with Gasteiger partial charge in [0.05, 0.1) is 0 Å². The third-order valence-electron chi connectivity index (χ3n) is 7.12. The molecule has 3 N–H and O–H groups in total. The Balaban J connectivity index is 0.000000167. The molecule has 2 aliphatic rings. The van der Waals surface area contributed by atoms with E-state index in [-0.39, 0.29) is 29.6 Å². The molecular formula is C32H38FN6Na. The van der Waals surface area contributed by atoms with Crippen molar-refractivity contribution in [2.75, 3.05) is 13.6 Å². The summed E-state index contributed by atoms with van der Waals surface area (Å²) < 4.78 is 14.9. The molecule has 40 heavy (non-hydrogen) atoms. The Labute approximate surface area is 259 Å². The first-order chi connectivity index (χ1) is 18.9. The van der Waals surface area contributed by atoms with E-state index in [2.05, 4.69) is 64.7 Å². The molecule has 1 saturated heterocycles. The molecule has 6 rings (SSSR count). The molecule has 0 bridgehead atoms. The third kappa shape index (κ3) is 8.53. The zero-order chi connectivity index (χ0) is 27.7. The van der Waals surface area contributed by atoms with Crippen molar-refractivity contribution in [3.05, 3.63) is 128 Å². The number of allylic oxidation sites excluding steroid dienone is 1. The van der Waals surface area contributed by atoms with E-state index in [0.717, 1.165) is 36.1 Å². The van der Waals surface area contributed by atoms with Crippen LogP contribution in [0.5, 0.6) is 0 Å². The minimum Gasteiger partial charge on any atom is -0.426 e. The summed E-state index contributed by atoms with van der Waals surface area (Å²) in [6.45, 7) is 11.7. The van der Waals surface area contributed by atoms with Crippen molar-refractivity contribution >= 4 is 11.0 Å². The second-order valence-corrected chi connectivity index (χ2v) is 10.0. The van der Waals surface area contributed by atoms with E-state index in [1.807, 2.05) is 41.4 Å². The molecule has 2 aromatic heterocycles. The summed E-state index contributed by atoms with van der Waals surface area (Å²) in [6, 6.07) is 22.4. The summed E-state index contributed by atoms with van der Waals surface area (Å²) in [6.07, 6.45) is 9.22. The number of nitrogens with one attached hydrogen (secondary N) is 1. The molecule has 204 valence electrons. The van der Waals surface area contributed by atoms with Crippen LogP contribution < -0.4 is 40.6 Å². The van der Waals surface area contributed by atoms with Gasteiger partial charge in [0.15, 0.2) is 0 Å². The van der Waals surface area contributed by atoms with Crippen molar-refractivity contribution < 1.29 is 33.9 Å². The van der Waals surface area contributed by atoms with Gasteiger partial charge < -0.3 is 15.6 Å². The molecule has 0 radical (unpaired) electrons. The van der Waals surface area contributed by atoms with Crippen LogP contribution in [0.4, 0.5) is 4.39 Å². The number of benzene rings is 2. The SMILES string of the molecule is C=C(NCc1ccccc1)C1CCCN1C.C=C[CH-]n1cnc2ccccc21.NC1(c2cccnc2F)CC1.[Na+]. The van der Waals surface area contributed by atoms with Crippen molar-refractivity contribution in [3.63, 3.8) is 0 Å². The average Bonchev–Trinajstić information content (AvgIpc) is 3.35. The summed E-state index contributed by atoms with van der Waals surface area (Å²) in [7, 11) is 2.17. The van der Waals surface area contributed by atoms with Gasteiger partial charge in [-0.1, -0.05) is 67.7 Å². The first-order valence-corrected chi connectivity index (χ1v) is 13.4. The maximum atomic E-state index is 12.9. The zero-order valence-corrected chi connectivity index (χ0v) is 25.6. The van der Waals surface area contributed by atoms with E-state index < -0.39 is 11.5 Å². The van der Waals surface area contributed by atoms with Crippen molar-refractivity contribution in [1.29, 1.82) is 0 Å². The Morgan fingerprint density at radius 2 is 1.85 bits per heavy atom. The van der Waals surface area contributed by atoms with E-state index in [1.54, 1.807) is 24.5 Å². The maximum Gasteiger partial charge on any atom is 1.00 e. The number of likely N-dealkylation sites (N-methyl/N-ethyl adjacent to an activating group) is 1. The number of rotatable bonds is 7. The van der Waals surface area contributed by atoms with Crippen LogP contribution in [0.3, 0.4) is 0 Å². The smallest absolute Gasteiger partial charge is 0.426 e. The molecule has 2 aromatic carbocycles. The summed E-state index contributed by atoms with van der Waals surface area (Å²) in [4.78, 5) is 10.1. The van der Waals surface area contributed by atoms with E-state index in [1.165, 1.54) is 31.1 Å². The minimum atomic E-state index is -0.424. The number of likely N-dealkylation sites (tertiary alicyclic amines) is 1. The van der Waals surface area contributed by atoms with Gasteiger partial charge in [-0.15, -0.1) is 6.08 Å². The molecule has 1 aliphatic heterocycles. The Bertz CT molecular complexity index is 1370. The molecule has 1 unspecified atom stereocenters. The van der Waals surface area contributed by atoms with Crippen molar-refractivity contribution in [1.82, 2.24) is 24.8 Å². The van der Waals surface area contributed by atoms with Crippen LogP contribution in [0.25, 0.3) is 11.0 Å². The Morgan fingerprint density at radius 3 is 2.50 bits per heavy atom. The zero-order valence-electron chi connectivity index (χ0n) is 23.6. The van der Waals surface area contributed by atoms with Crippen molar-refractivity contribution in [2.45, 2.75) is 43.8 Å². The number of fused-ring (bicyclic) bond motifs is 1. The van der Waals surface area contributed by atoms with Gasteiger partial charge in [0.25, 0.3) is 0 Å². The normalized spacial score (nSPS) is 16.8. The van der Waals surface area contributed by atoms with E-state index >= 15 is 0 Å². The largest absolute Gasteiger partial charge is 1.00 e. The molecule has 6 nitrogen and oxygen atoms in total. The van der Waals surface area contributed by atoms with Gasteiger partial charge in [-0.05, 0) is 62.5 Å². The molecule has 8 heteroatoms. The predicted molar refractivity (Wildman–Crippen MR) is 157 cm³/mol. The summed E-state index contributed by atoms with van der Waals surface area (Å²) in [5.74, 6) is -0.424. The van der Waals surface area contributed by atoms with Gasteiger partial charge in [-0.25, -0.2) is 4.98 Å². The van der Waals surface area contributed by atoms with E-state index in [0.29, 0.717) is 11.6 Å². The van der Waals surface area contributed by atoms with Crippen molar-refractivity contribution in [2.24, 2.45) is 5.73 Å². The second-order valence-electron chi connectivity index (χ2n) is 10.0. The van der Waals surface area contributed by atoms with Crippen LogP contribution >= 0.6 is 0 Å². The minimum absolute atomic E-state index is 0. The molecule has 1 saturated carbocycles. The topological polar surface area (TPSA) is 72.0 Å². The fourth-order valence-electron chi connectivity index (χ4n) is 4.65. The summed E-state index contributed by atoms with van der Waals surface area (Å²) in [5, 5.41) is 3.44. The number of nitrogens with zero attached hydrogens (tertiary/aromatic N) is 4. The molecule has 2 fully saturated rings. The number of aromatic nitrogens is 3. The molecule has 3 heterocycles. The van der Waals surface area contributed by atoms with Crippen LogP contribution in [0.2, 0.25) is 0 Å². The molecule has 0 spiro atoms. The quantitative estimate of drug-likeness (QED) is 0.211. The van der Waals surface area contributed by atoms with Gasteiger partial charge >= 0.3 is 29.6 Å². The Kier molecular flexibility index (Phi) is 12.0. The number of pyridine rings is 1. The molecule has 1 aliphatic carbocycles. The van der Waals surface area contributed by atoms with E-state index in [9.17, 15) is 4.39 Å². The van der Waals surface area contributed by atoms with Gasteiger partial charge in [0.1, 0.15) is 0 Å². The number of halogens is 1. The maximum absolute atomic E-state index is 12.9. The van der Waals surface area contributed by atoms with Crippen LogP contribution in [0.1, 0.15) is 36.8 Å². The van der Waals surface area contributed by atoms with Crippen LogP contribution in [0.15, 0.2) is 104 Å². The van der Waals surface area contributed by atoms with Gasteiger partial charge in [-0.3, -0.25) is 9.88 Å². The summed E-state index contributed by atoms with van der Waals surface area (Å²) in [5.41, 5.74) is 10.5. The average molecular weight is 549 g/mol. The number of hydrogen-bond acceptors (Lipinski definition) is 5. The first-order valence-electron chi connectivity index (χ1n) is 13.4. The molecule has 1 atom stereocenters. The standard InChI is InChI=1S/C14H20N2.C10H9N2.C8H9FN2.Na/c1-12(14-9-6-10-16(14)2)15-11-13-7-4-3-5-8-13;1-2-7-12-8-11-9-5-3-4-6-10(9)12;9-7-6(2-1-5-11-7)8(10)3-4-8;/h3-5,7-8,14-15H,1,6,9-11H2,2H3;2-8H,1H2;1-2,5H,3-4,10H2;/q;-1;;+1. The number of para-hydroxylation sites is 2. The number of imidazole rings is 1. The van der Waals surface area contributed by atoms with Crippen molar-refractivity contribution in [3.8, 4) is 0 Å². The Hall–Kier alpha value is -2.94. The summed E-state index contributed by atoms with van der Waals surface area (Å²) >= 11 is 0. The number of hydrogen-bond donors (Lipinski definition) is 2. The Morgan fingerprint density at radius 1 is 1.12 bits per heavy atom. The third-order valence-corrected chi connectivity index (χ3v) is 7.12. The first kappa shape index (κ1) is 31.6. The van der Waals surface area contributed by atoms with Gasteiger partial charge in [0, 0.05) is 47.4 Å². The number of nitrogens with two attached hydrogens (primary N) is 1. The molecule has 0 amide bonds. The predicted octanol–water partition coefficient (Wildman–Crippen LogP) is 2.79.